The molecule has 1 heterocycles. The fourth-order valence-electron chi connectivity index (χ4n) is 4.69. The first-order valence-corrected chi connectivity index (χ1v) is 14.3. The Labute approximate surface area is 252 Å². The number of amides is 1. The van der Waals surface area contributed by atoms with E-state index in [9.17, 15) is 44.4 Å². The van der Waals surface area contributed by atoms with Crippen molar-refractivity contribution in [2.75, 3.05) is 85.2 Å². The summed E-state index contributed by atoms with van der Waals surface area (Å²) in [6, 6.07) is -1.09. The molecule has 0 saturated carbocycles. The van der Waals surface area contributed by atoms with Crippen molar-refractivity contribution in [1.82, 2.24) is 24.9 Å². The highest BCUT2D eigenvalue weighted by molar-refractivity contribution is 5.79. The van der Waals surface area contributed by atoms with Gasteiger partial charge in [-0.05, 0) is 34.1 Å². The van der Waals surface area contributed by atoms with Gasteiger partial charge in [-0.2, -0.15) is 0 Å². The van der Waals surface area contributed by atoms with Gasteiger partial charge in [-0.25, -0.2) is 0 Å². The van der Waals surface area contributed by atoms with Crippen molar-refractivity contribution < 1.29 is 49.1 Å². The molecule has 1 rings (SSSR count). The maximum absolute atomic E-state index is 12.8. The molecular weight excluding hydrogens is 568 g/mol. The highest BCUT2D eigenvalue weighted by Crippen LogP contribution is 2.12. The second-order valence-corrected chi connectivity index (χ2v) is 12.4. The summed E-state index contributed by atoms with van der Waals surface area (Å²) in [5.74, 6) is -4.74. The number of nitrogens with two attached hydrogens (primary N) is 1. The molecule has 0 aromatic rings. The predicted octanol–water partition coefficient (Wildman–Crippen LogP) is -1.66. The summed E-state index contributed by atoms with van der Waals surface area (Å²) in [6.45, 7) is 8.27. The largest absolute Gasteiger partial charge is 0.480 e. The van der Waals surface area contributed by atoms with Crippen LogP contribution in [-0.4, -0.2) is 172 Å². The minimum absolute atomic E-state index is 0.0296. The maximum Gasteiger partial charge on any atom is 0.320 e. The summed E-state index contributed by atoms with van der Waals surface area (Å²) in [5, 5.41) is 41.1. The van der Waals surface area contributed by atoms with Crippen LogP contribution in [-0.2, 0) is 28.7 Å². The summed E-state index contributed by atoms with van der Waals surface area (Å²) in [6.07, 6.45) is -0.126. The van der Waals surface area contributed by atoms with Crippen LogP contribution in [0, 0.1) is 0 Å². The summed E-state index contributed by atoms with van der Waals surface area (Å²) >= 11 is 0. The standard InChI is InChI=1S/C27H50N6O10/c1-26(2,28)18-43-19-27(3,4)29-21(34)6-5-20(25(41)42)33-13-11-31(16-23(37)38)9-7-30(15-22(35)36)8-10-32(12-14-33)17-24(39)40/h20H,5-19,28H2,1-4H3,(H,29,34)(H,35,36)(H,37,38)(H,39,40)(H,41,42). The lowest BCUT2D eigenvalue weighted by Gasteiger charge is -2.35. The second-order valence-electron chi connectivity index (χ2n) is 12.4. The number of carboxylic acids is 4. The van der Waals surface area contributed by atoms with Crippen LogP contribution < -0.4 is 11.1 Å². The Morgan fingerprint density at radius 2 is 1.12 bits per heavy atom. The molecule has 1 aliphatic heterocycles. The lowest BCUT2D eigenvalue weighted by Crippen LogP contribution is -2.52. The van der Waals surface area contributed by atoms with E-state index in [4.69, 9.17) is 10.5 Å². The van der Waals surface area contributed by atoms with Crippen molar-refractivity contribution in [1.29, 1.82) is 0 Å². The van der Waals surface area contributed by atoms with Gasteiger partial charge in [0.05, 0.1) is 38.4 Å². The average Bonchev–Trinajstić information content (AvgIpc) is 2.82. The molecule has 0 radical (unpaired) electrons. The monoisotopic (exact) mass is 618 g/mol. The first kappa shape index (κ1) is 38.1. The molecule has 1 saturated heterocycles. The van der Waals surface area contributed by atoms with Gasteiger partial charge in [0.2, 0.25) is 5.91 Å². The van der Waals surface area contributed by atoms with E-state index in [0.29, 0.717) is 0 Å². The van der Waals surface area contributed by atoms with Gasteiger partial charge in [0.1, 0.15) is 6.04 Å². The summed E-state index contributed by atoms with van der Waals surface area (Å²) < 4.78 is 5.62. The van der Waals surface area contributed by atoms with Crippen LogP contribution in [0.1, 0.15) is 40.5 Å². The molecule has 0 spiro atoms. The molecule has 248 valence electrons. The van der Waals surface area contributed by atoms with Crippen LogP contribution in [0.15, 0.2) is 0 Å². The zero-order valence-electron chi connectivity index (χ0n) is 25.8. The van der Waals surface area contributed by atoms with Gasteiger partial charge in [-0.3, -0.25) is 43.6 Å². The lowest BCUT2D eigenvalue weighted by atomic mass is 10.0. The molecule has 0 aromatic carbocycles. The van der Waals surface area contributed by atoms with E-state index in [1.807, 2.05) is 13.8 Å². The van der Waals surface area contributed by atoms with E-state index >= 15 is 0 Å². The van der Waals surface area contributed by atoms with Crippen molar-refractivity contribution in [2.24, 2.45) is 5.73 Å². The number of rotatable bonds is 16. The van der Waals surface area contributed by atoms with E-state index in [1.54, 1.807) is 33.4 Å². The molecule has 1 atom stereocenters. The Morgan fingerprint density at radius 3 is 1.47 bits per heavy atom. The summed E-state index contributed by atoms with van der Waals surface area (Å²) in [7, 11) is 0. The van der Waals surface area contributed by atoms with E-state index < -0.39 is 41.0 Å². The van der Waals surface area contributed by atoms with Crippen LogP contribution >= 0.6 is 0 Å². The molecule has 7 N–H and O–H groups in total. The first-order chi connectivity index (χ1) is 19.9. The predicted molar refractivity (Wildman–Crippen MR) is 156 cm³/mol. The second kappa shape index (κ2) is 18.0. The quantitative estimate of drug-likeness (QED) is 0.114. The molecule has 0 bridgehead atoms. The molecule has 1 unspecified atom stereocenters. The number of nitrogens with zero attached hydrogens (tertiary/aromatic N) is 4. The highest BCUT2D eigenvalue weighted by Gasteiger charge is 2.30. The number of aliphatic carboxylic acids is 4. The topological polar surface area (TPSA) is 227 Å². The Hall–Kier alpha value is -2.89. The van der Waals surface area contributed by atoms with Crippen LogP contribution in [0.4, 0.5) is 0 Å². The smallest absolute Gasteiger partial charge is 0.320 e. The third-order valence-corrected chi connectivity index (χ3v) is 6.73. The normalized spacial score (nSPS) is 18.3. The third-order valence-electron chi connectivity index (χ3n) is 6.73. The molecule has 0 aliphatic carbocycles. The summed E-state index contributed by atoms with van der Waals surface area (Å²) in [4.78, 5) is 66.0. The third kappa shape index (κ3) is 17.7. The fourth-order valence-corrected chi connectivity index (χ4v) is 4.69. The van der Waals surface area contributed by atoms with Gasteiger partial charge in [-0.1, -0.05) is 0 Å². The molecule has 1 fully saturated rings. The molecule has 0 aromatic heterocycles. The molecule has 16 heteroatoms. The van der Waals surface area contributed by atoms with E-state index in [0.717, 1.165) is 0 Å². The minimum Gasteiger partial charge on any atom is -0.480 e. The Bertz CT molecular complexity index is 910. The Morgan fingerprint density at radius 1 is 0.721 bits per heavy atom. The van der Waals surface area contributed by atoms with E-state index in [-0.39, 0.29) is 104 Å². The van der Waals surface area contributed by atoms with Gasteiger partial charge < -0.3 is 36.2 Å². The van der Waals surface area contributed by atoms with Crippen LogP contribution in [0.2, 0.25) is 0 Å². The summed E-state index contributed by atoms with van der Waals surface area (Å²) in [5.41, 5.74) is 4.67. The number of ether oxygens (including phenoxy) is 1. The van der Waals surface area contributed by atoms with Crippen molar-refractivity contribution in [3.8, 4) is 0 Å². The number of hydrogen-bond donors (Lipinski definition) is 6. The van der Waals surface area contributed by atoms with Crippen LogP contribution in [0.3, 0.4) is 0 Å². The average molecular weight is 619 g/mol. The van der Waals surface area contributed by atoms with Gasteiger partial charge in [0.15, 0.2) is 0 Å². The zero-order chi connectivity index (χ0) is 32.8. The SMILES string of the molecule is CC(C)(N)COCC(C)(C)NC(=O)CCC(C(=O)O)N1CCN(CC(=O)O)CCN(CC(=O)O)CCN(CC(=O)O)CC1. The maximum atomic E-state index is 12.8. The Kier molecular flexibility index (Phi) is 16.0. The van der Waals surface area contributed by atoms with Crippen molar-refractivity contribution in [3.05, 3.63) is 0 Å². The van der Waals surface area contributed by atoms with E-state index in [2.05, 4.69) is 5.32 Å². The van der Waals surface area contributed by atoms with Crippen LogP contribution in [0.5, 0.6) is 0 Å². The van der Waals surface area contributed by atoms with Crippen molar-refractivity contribution >= 4 is 29.8 Å². The number of carboxylic acid groups (broad SMARTS) is 4. The number of carbonyl (C=O) groups excluding carboxylic acids is 1. The lowest BCUT2D eigenvalue weighted by molar-refractivity contribution is -0.145. The minimum atomic E-state index is -1.16. The fraction of sp³-hybridized carbons (Fsp3) is 0.815. The molecule has 43 heavy (non-hydrogen) atoms. The van der Waals surface area contributed by atoms with Gasteiger partial charge >= 0.3 is 23.9 Å². The van der Waals surface area contributed by atoms with Gasteiger partial charge in [0, 0.05) is 64.3 Å². The van der Waals surface area contributed by atoms with Crippen molar-refractivity contribution in [2.45, 2.75) is 57.7 Å². The zero-order valence-corrected chi connectivity index (χ0v) is 25.8. The Balaban J connectivity index is 3.04. The molecule has 1 aliphatic rings. The van der Waals surface area contributed by atoms with Gasteiger partial charge in [0.25, 0.3) is 0 Å². The number of nitrogens with one attached hydrogen (secondary N) is 1. The van der Waals surface area contributed by atoms with Gasteiger partial charge in [-0.15, -0.1) is 0 Å². The number of hydrogen-bond acceptors (Lipinski definition) is 11. The molecule has 1 amide bonds. The first-order valence-electron chi connectivity index (χ1n) is 14.3. The highest BCUT2D eigenvalue weighted by atomic mass is 16.5. The number of carbonyl (C=O) groups is 5. The van der Waals surface area contributed by atoms with Crippen molar-refractivity contribution in [3.63, 3.8) is 0 Å². The molecule has 16 nitrogen and oxygen atoms in total. The van der Waals surface area contributed by atoms with Crippen LogP contribution in [0.25, 0.3) is 0 Å². The van der Waals surface area contributed by atoms with E-state index in [1.165, 1.54) is 0 Å². The molecular formula is C27H50N6O10.